The van der Waals surface area contributed by atoms with E-state index in [1.54, 1.807) is 6.92 Å². The molecule has 0 aliphatic carbocycles. The Balaban J connectivity index is 0.0000109. The van der Waals surface area contributed by atoms with Crippen LogP contribution in [-0.2, 0) is 30.1 Å². The molecule has 4 heterocycles. The Bertz CT molecular complexity index is 1740. The van der Waals surface area contributed by atoms with Gasteiger partial charge in [-0.3, -0.25) is 0 Å². The lowest BCUT2D eigenvalue weighted by atomic mass is 9.94. The van der Waals surface area contributed by atoms with Crippen LogP contribution in [0.2, 0.25) is 0 Å². The quantitative estimate of drug-likeness (QED) is 0.0516. The van der Waals surface area contributed by atoms with E-state index in [0.717, 1.165) is 16.7 Å². The predicted octanol–water partition coefficient (Wildman–Crippen LogP) is -2.25. The Labute approximate surface area is 372 Å². The van der Waals surface area contributed by atoms with E-state index >= 15 is 0 Å². The van der Waals surface area contributed by atoms with Gasteiger partial charge in [0.25, 0.3) is 5.88 Å². The number of pyridine rings is 1. The molecule has 4 rings (SSSR count). The molecule has 3 fully saturated rings. The van der Waals surface area contributed by atoms with Crippen LogP contribution >= 0.6 is 0 Å². The van der Waals surface area contributed by atoms with E-state index in [0.29, 0.717) is 24.1 Å². The van der Waals surface area contributed by atoms with Crippen LogP contribution in [0.4, 0.5) is 0 Å². The second kappa shape index (κ2) is 25.1. The van der Waals surface area contributed by atoms with E-state index < -0.39 is 118 Å². The monoisotopic (exact) mass is 919 g/mol. The highest BCUT2D eigenvalue weighted by molar-refractivity contribution is 5.54. The van der Waals surface area contributed by atoms with Crippen molar-refractivity contribution in [3.8, 4) is 17.4 Å². The van der Waals surface area contributed by atoms with Crippen LogP contribution in [0.25, 0.3) is 0 Å². The highest BCUT2D eigenvalue weighted by Gasteiger charge is 2.49. The number of allylic oxidation sites excluding steroid dienone is 6. The zero-order chi connectivity index (χ0) is 46.9. The first-order valence-electron chi connectivity index (χ1n) is 20.8. The zero-order valence-electron chi connectivity index (χ0n) is 37.4. The molecule has 0 saturated carbocycles. The van der Waals surface area contributed by atoms with Gasteiger partial charge in [-0.25, -0.2) is 4.98 Å². The number of nitrogens with zero attached hydrogens (tertiary/aromatic N) is 1. The third-order valence-corrected chi connectivity index (χ3v) is 11.5. The van der Waals surface area contributed by atoms with E-state index in [2.05, 4.69) is 4.98 Å². The number of ether oxygens (including phenoxy) is 8. The first kappa shape index (κ1) is 55.2. The van der Waals surface area contributed by atoms with Crippen LogP contribution < -0.4 is 14.2 Å². The second-order valence-electron chi connectivity index (χ2n) is 16.1. The summed E-state index contributed by atoms with van der Waals surface area (Å²) in [4.78, 5) is 4.60. The molecule has 0 bridgehead atoms. The van der Waals surface area contributed by atoms with E-state index in [-0.39, 0.29) is 28.8 Å². The van der Waals surface area contributed by atoms with E-state index in [1.165, 1.54) is 14.2 Å². The molecular formula is C43H69NO20. The minimum absolute atomic E-state index is 0. The van der Waals surface area contributed by atoms with Gasteiger partial charge in [-0.15, -0.1) is 0 Å². The standard InChI is InChI=1S/C43H67NO19.H2O/c1-9-21(4)37(62-43-36(55)33(52)30(49)27(61-43)18-58-41-34(53)31(50)28(47)25(16-45)59-41)22(5)15-20(3)12-10-11-19(2)13-14-24-23(6)38(39(56-7)40(44-24)57-8)63-42-35(54)32(51)29(48)26(17-46)60-42;/h9-10,12-13,15,22,25-37,41-43,45-55H,11,14,16-18H2,1-8H3;1H2/b12-10+,19-13+,20-15+,21-9+;/t22-,25-,26-,27-,28+,29-,30-,31+,32+,33+,34-,35-,36-,37+,41+,42-,43+;/m1./s1. The molecule has 3 saturated heterocycles. The molecule has 21 heteroatoms. The van der Waals surface area contributed by atoms with Gasteiger partial charge in [-0.2, -0.15) is 0 Å². The summed E-state index contributed by atoms with van der Waals surface area (Å²) in [6.45, 7) is 9.41. The predicted molar refractivity (Wildman–Crippen MR) is 225 cm³/mol. The number of hydrogen-bond acceptors (Lipinski definition) is 20. The molecular weight excluding hydrogens is 850 g/mol. The van der Waals surface area contributed by atoms with Crippen molar-refractivity contribution >= 4 is 0 Å². The maximum Gasteiger partial charge on any atom is 0.261 e. The molecule has 0 aromatic carbocycles. The highest BCUT2D eigenvalue weighted by atomic mass is 16.7. The zero-order valence-corrected chi connectivity index (χ0v) is 37.4. The van der Waals surface area contributed by atoms with Gasteiger partial charge in [0.05, 0.1) is 45.8 Å². The molecule has 64 heavy (non-hydrogen) atoms. The lowest BCUT2D eigenvalue weighted by Crippen LogP contribution is -2.62. The van der Waals surface area contributed by atoms with Crippen molar-refractivity contribution < 1.29 is 99.5 Å². The molecule has 17 atom stereocenters. The first-order chi connectivity index (χ1) is 29.8. The molecule has 21 nitrogen and oxygen atoms in total. The number of aromatic nitrogens is 1. The van der Waals surface area contributed by atoms with Gasteiger partial charge in [0.2, 0.25) is 12.0 Å². The Morgan fingerprint density at radius 1 is 0.719 bits per heavy atom. The van der Waals surface area contributed by atoms with Gasteiger partial charge in [-0.1, -0.05) is 48.5 Å². The Kier molecular flexibility index (Phi) is 21.6. The summed E-state index contributed by atoms with van der Waals surface area (Å²) in [5.41, 5.74) is 3.79. The third-order valence-electron chi connectivity index (χ3n) is 11.5. The average molecular weight is 920 g/mol. The average Bonchev–Trinajstić information content (AvgIpc) is 3.27. The van der Waals surface area contributed by atoms with Gasteiger partial charge in [0, 0.05) is 17.9 Å². The lowest BCUT2D eigenvalue weighted by molar-refractivity contribution is -0.335. The van der Waals surface area contributed by atoms with Crippen molar-refractivity contribution in [3.05, 3.63) is 58.4 Å². The molecule has 3 aliphatic rings. The second-order valence-corrected chi connectivity index (χ2v) is 16.1. The fourth-order valence-corrected chi connectivity index (χ4v) is 7.45. The molecule has 13 N–H and O–H groups in total. The van der Waals surface area contributed by atoms with Gasteiger partial charge in [0.15, 0.2) is 18.3 Å². The van der Waals surface area contributed by atoms with Crippen molar-refractivity contribution in [2.45, 2.75) is 153 Å². The van der Waals surface area contributed by atoms with Gasteiger partial charge in [-0.05, 0) is 46.6 Å². The minimum Gasteiger partial charge on any atom is -0.489 e. The van der Waals surface area contributed by atoms with Gasteiger partial charge < -0.3 is 99.5 Å². The van der Waals surface area contributed by atoms with E-state index in [9.17, 15) is 56.2 Å². The van der Waals surface area contributed by atoms with Crippen LogP contribution in [0.1, 0.15) is 52.3 Å². The normalized spacial score (nSPS) is 35.2. The summed E-state index contributed by atoms with van der Waals surface area (Å²) in [5.74, 6) is 0.0762. The van der Waals surface area contributed by atoms with E-state index in [4.69, 9.17) is 37.9 Å². The van der Waals surface area contributed by atoms with Crippen LogP contribution in [-0.4, -0.2) is 199 Å². The maximum atomic E-state index is 10.9. The van der Waals surface area contributed by atoms with Crippen LogP contribution in [0, 0.1) is 12.8 Å². The largest absolute Gasteiger partial charge is 0.489 e. The van der Waals surface area contributed by atoms with Crippen molar-refractivity contribution in [2.24, 2.45) is 5.92 Å². The summed E-state index contributed by atoms with van der Waals surface area (Å²) in [6.07, 6.45) is -12.9. The molecule has 1 aromatic rings. The molecule has 0 amide bonds. The van der Waals surface area contributed by atoms with Crippen molar-refractivity contribution in [3.63, 3.8) is 0 Å². The van der Waals surface area contributed by atoms with Crippen LogP contribution in [0.5, 0.6) is 17.4 Å². The summed E-state index contributed by atoms with van der Waals surface area (Å²) in [5, 5.41) is 113. The topological polar surface area (TPSA) is 341 Å². The van der Waals surface area contributed by atoms with Gasteiger partial charge >= 0.3 is 0 Å². The fraction of sp³-hybridized carbons (Fsp3) is 0.698. The smallest absolute Gasteiger partial charge is 0.261 e. The number of aliphatic hydroxyl groups is 11. The van der Waals surface area contributed by atoms with Crippen LogP contribution in [0.3, 0.4) is 0 Å². The molecule has 3 aliphatic heterocycles. The number of methoxy groups -OCH3 is 2. The molecule has 366 valence electrons. The van der Waals surface area contributed by atoms with Crippen molar-refractivity contribution in [1.82, 2.24) is 4.98 Å². The van der Waals surface area contributed by atoms with Gasteiger partial charge in [0.1, 0.15) is 73.2 Å². The SMILES string of the molecule is C/C=C(\C)[C@H](O[C@@H]1O[C@H](CO[C@H]2O[C@H](CO)[C@H](O)[C@H](O)[C@H]2O)[C@@H](O)[C@H](O)[C@H]1O)[C@H](C)/C=C(C)/C=C/C/C(C)=C/Cc1nc(OC)c(OC)c(O[C@H]2O[C@H](CO)[C@@H](O)[C@H](O)[C@H]2O)c1C.O. The summed E-state index contributed by atoms with van der Waals surface area (Å²) in [7, 11) is 2.80. The van der Waals surface area contributed by atoms with Crippen LogP contribution in [0.15, 0.2) is 47.1 Å². The first-order valence-corrected chi connectivity index (χ1v) is 20.8. The Hall–Kier alpha value is -3.17. The number of aliphatic hydroxyl groups excluding tert-OH is 11. The Morgan fingerprint density at radius 3 is 1.80 bits per heavy atom. The minimum atomic E-state index is -1.70. The summed E-state index contributed by atoms with van der Waals surface area (Å²) >= 11 is 0. The Morgan fingerprint density at radius 2 is 1.25 bits per heavy atom. The number of hydrogen-bond donors (Lipinski definition) is 11. The summed E-state index contributed by atoms with van der Waals surface area (Å²) in [6, 6.07) is 0. The third kappa shape index (κ3) is 13.0. The maximum absolute atomic E-state index is 10.9. The van der Waals surface area contributed by atoms with Crippen molar-refractivity contribution in [1.29, 1.82) is 0 Å². The number of rotatable bonds is 19. The van der Waals surface area contributed by atoms with E-state index in [1.807, 2.05) is 65.0 Å². The molecule has 0 radical (unpaired) electrons. The fourth-order valence-electron chi connectivity index (χ4n) is 7.45. The summed E-state index contributed by atoms with van der Waals surface area (Å²) < 4.78 is 45.6. The lowest BCUT2D eigenvalue weighted by Gasteiger charge is -2.43. The molecule has 0 spiro atoms. The van der Waals surface area contributed by atoms with Crippen molar-refractivity contribution in [2.75, 3.05) is 34.0 Å². The molecule has 0 unspecified atom stereocenters. The highest BCUT2D eigenvalue weighted by Crippen LogP contribution is 2.41. The molecule has 1 aromatic heterocycles.